The number of methoxy groups -OCH3 is 1. The van der Waals surface area contributed by atoms with Crippen molar-refractivity contribution in [2.75, 3.05) is 7.11 Å². The predicted octanol–water partition coefficient (Wildman–Crippen LogP) is 3.75. The van der Waals surface area contributed by atoms with E-state index in [2.05, 4.69) is 26.5 Å². The Balaban J connectivity index is 2.88. The van der Waals surface area contributed by atoms with Gasteiger partial charge in [0.2, 0.25) is 0 Å². The van der Waals surface area contributed by atoms with Crippen LogP contribution in [-0.2, 0) is 0 Å². The molecule has 0 bridgehead atoms. The summed E-state index contributed by atoms with van der Waals surface area (Å²) in [5.74, 6) is 1.55. The van der Waals surface area contributed by atoms with Gasteiger partial charge in [0.15, 0.2) is 0 Å². The van der Waals surface area contributed by atoms with Gasteiger partial charge in [-0.2, -0.15) is 0 Å². The highest BCUT2D eigenvalue weighted by Crippen LogP contribution is 2.28. The van der Waals surface area contributed by atoms with Gasteiger partial charge in [-0.25, -0.2) is 0 Å². The number of para-hydroxylation sites is 1. The van der Waals surface area contributed by atoms with E-state index in [1.165, 1.54) is 0 Å². The van der Waals surface area contributed by atoms with E-state index in [0.717, 1.165) is 23.3 Å². The molecule has 1 heteroatoms. The smallest absolute Gasteiger partial charge is 0.126 e. The summed E-state index contributed by atoms with van der Waals surface area (Å²) in [7, 11) is 1.70. The standard InChI is InChI=1S/C13H18O/c1-10(2)9-11(3)12-7-5-6-8-13(12)14-4/h5-8,10H,3,9H2,1-2,4H3. The number of rotatable bonds is 4. The minimum absolute atomic E-state index is 0.632. The number of benzene rings is 1. The van der Waals surface area contributed by atoms with Crippen LogP contribution >= 0.6 is 0 Å². The van der Waals surface area contributed by atoms with Crippen LogP contribution in [0.5, 0.6) is 5.75 Å². The van der Waals surface area contributed by atoms with Crippen LogP contribution in [0.1, 0.15) is 25.8 Å². The molecule has 76 valence electrons. The fourth-order valence-corrected chi connectivity index (χ4v) is 1.54. The third kappa shape index (κ3) is 2.63. The van der Waals surface area contributed by atoms with E-state index in [1.807, 2.05) is 18.2 Å². The van der Waals surface area contributed by atoms with Crippen LogP contribution in [-0.4, -0.2) is 7.11 Å². The summed E-state index contributed by atoms with van der Waals surface area (Å²) in [6.07, 6.45) is 1.01. The molecule has 0 spiro atoms. The molecule has 0 aliphatic rings. The van der Waals surface area contributed by atoms with Crippen molar-refractivity contribution in [2.24, 2.45) is 5.92 Å². The normalized spacial score (nSPS) is 10.3. The average Bonchev–Trinajstić information content (AvgIpc) is 2.16. The quantitative estimate of drug-likeness (QED) is 0.702. The molecule has 0 aliphatic heterocycles. The average molecular weight is 190 g/mol. The van der Waals surface area contributed by atoms with Crippen LogP contribution < -0.4 is 4.74 Å². The highest BCUT2D eigenvalue weighted by Gasteiger charge is 2.06. The van der Waals surface area contributed by atoms with Crippen molar-refractivity contribution >= 4 is 5.57 Å². The van der Waals surface area contributed by atoms with Crippen LogP contribution in [0.25, 0.3) is 5.57 Å². The molecule has 0 fully saturated rings. The van der Waals surface area contributed by atoms with Crippen molar-refractivity contribution in [3.8, 4) is 5.75 Å². The van der Waals surface area contributed by atoms with E-state index in [-0.39, 0.29) is 0 Å². The maximum atomic E-state index is 5.29. The van der Waals surface area contributed by atoms with Gasteiger partial charge in [-0.15, -0.1) is 0 Å². The van der Waals surface area contributed by atoms with Gasteiger partial charge in [0.05, 0.1) is 7.11 Å². The lowest BCUT2D eigenvalue weighted by atomic mass is 9.97. The zero-order valence-electron chi connectivity index (χ0n) is 9.21. The molecule has 0 aromatic heterocycles. The van der Waals surface area contributed by atoms with Crippen molar-refractivity contribution in [2.45, 2.75) is 20.3 Å². The first-order valence-electron chi connectivity index (χ1n) is 4.96. The molecule has 1 aromatic rings. The lowest BCUT2D eigenvalue weighted by Crippen LogP contribution is -1.94. The van der Waals surface area contributed by atoms with Crippen molar-refractivity contribution in [1.82, 2.24) is 0 Å². The second-order valence-electron chi connectivity index (χ2n) is 3.90. The minimum atomic E-state index is 0.632. The Kier molecular flexibility index (Phi) is 3.75. The molecular weight excluding hydrogens is 172 g/mol. The molecular formula is C13H18O. The summed E-state index contributed by atoms with van der Waals surface area (Å²) in [5, 5.41) is 0. The van der Waals surface area contributed by atoms with Gasteiger partial charge in [0.25, 0.3) is 0 Å². The third-order valence-corrected chi connectivity index (χ3v) is 2.14. The number of hydrogen-bond donors (Lipinski definition) is 0. The SMILES string of the molecule is C=C(CC(C)C)c1ccccc1OC. The second kappa shape index (κ2) is 4.85. The van der Waals surface area contributed by atoms with Crippen LogP contribution in [0.15, 0.2) is 30.8 Å². The second-order valence-corrected chi connectivity index (χ2v) is 3.90. The number of allylic oxidation sites excluding steroid dienone is 1. The molecule has 14 heavy (non-hydrogen) atoms. The van der Waals surface area contributed by atoms with Gasteiger partial charge in [0.1, 0.15) is 5.75 Å². The molecule has 0 heterocycles. The Morgan fingerprint density at radius 1 is 1.36 bits per heavy atom. The van der Waals surface area contributed by atoms with E-state index < -0.39 is 0 Å². The first-order chi connectivity index (χ1) is 6.65. The molecule has 0 atom stereocenters. The highest BCUT2D eigenvalue weighted by molar-refractivity contribution is 5.68. The van der Waals surface area contributed by atoms with E-state index >= 15 is 0 Å². The summed E-state index contributed by atoms with van der Waals surface area (Å²) in [6, 6.07) is 8.03. The lowest BCUT2D eigenvalue weighted by molar-refractivity contribution is 0.413. The fourth-order valence-electron chi connectivity index (χ4n) is 1.54. The van der Waals surface area contributed by atoms with Gasteiger partial charge >= 0.3 is 0 Å². The molecule has 0 radical (unpaired) electrons. The Hall–Kier alpha value is -1.24. The van der Waals surface area contributed by atoms with Crippen LogP contribution in [0.2, 0.25) is 0 Å². The Morgan fingerprint density at radius 3 is 2.57 bits per heavy atom. The summed E-state index contributed by atoms with van der Waals surface area (Å²) in [6.45, 7) is 8.48. The monoisotopic (exact) mass is 190 g/mol. The molecule has 0 saturated heterocycles. The van der Waals surface area contributed by atoms with E-state index in [1.54, 1.807) is 7.11 Å². The van der Waals surface area contributed by atoms with Gasteiger partial charge in [-0.1, -0.05) is 38.6 Å². The van der Waals surface area contributed by atoms with Crippen molar-refractivity contribution in [3.05, 3.63) is 36.4 Å². The summed E-state index contributed by atoms with van der Waals surface area (Å²) < 4.78 is 5.29. The largest absolute Gasteiger partial charge is 0.496 e. The molecule has 0 N–H and O–H groups in total. The first kappa shape index (κ1) is 10.8. The summed E-state index contributed by atoms with van der Waals surface area (Å²) in [5.41, 5.74) is 2.28. The zero-order valence-corrected chi connectivity index (χ0v) is 9.21. The van der Waals surface area contributed by atoms with Crippen molar-refractivity contribution in [3.63, 3.8) is 0 Å². The van der Waals surface area contributed by atoms with Crippen LogP contribution in [0.4, 0.5) is 0 Å². The van der Waals surface area contributed by atoms with Gasteiger partial charge in [-0.05, 0) is 24.0 Å². The van der Waals surface area contributed by atoms with Gasteiger partial charge < -0.3 is 4.74 Å². The molecule has 1 aromatic carbocycles. The molecule has 0 unspecified atom stereocenters. The first-order valence-corrected chi connectivity index (χ1v) is 4.96. The summed E-state index contributed by atoms with van der Waals surface area (Å²) in [4.78, 5) is 0. The van der Waals surface area contributed by atoms with E-state index in [4.69, 9.17) is 4.74 Å². The molecule has 0 saturated carbocycles. The molecule has 1 rings (SSSR count). The maximum absolute atomic E-state index is 5.29. The van der Waals surface area contributed by atoms with Crippen LogP contribution in [0.3, 0.4) is 0 Å². The number of hydrogen-bond acceptors (Lipinski definition) is 1. The zero-order chi connectivity index (χ0) is 10.6. The fraction of sp³-hybridized carbons (Fsp3) is 0.385. The lowest BCUT2D eigenvalue weighted by Gasteiger charge is -2.12. The van der Waals surface area contributed by atoms with Gasteiger partial charge in [-0.3, -0.25) is 0 Å². The van der Waals surface area contributed by atoms with Gasteiger partial charge in [0, 0.05) is 5.56 Å². The molecule has 0 aliphatic carbocycles. The highest BCUT2D eigenvalue weighted by atomic mass is 16.5. The van der Waals surface area contributed by atoms with Crippen molar-refractivity contribution in [1.29, 1.82) is 0 Å². The maximum Gasteiger partial charge on any atom is 0.126 e. The Labute approximate surface area is 86.4 Å². The molecule has 1 nitrogen and oxygen atoms in total. The topological polar surface area (TPSA) is 9.23 Å². The minimum Gasteiger partial charge on any atom is -0.496 e. The predicted molar refractivity (Wildman–Crippen MR) is 61.5 cm³/mol. The Bertz CT molecular complexity index is 313. The van der Waals surface area contributed by atoms with Crippen molar-refractivity contribution < 1.29 is 4.74 Å². The molecule has 0 amide bonds. The van der Waals surface area contributed by atoms with E-state index in [9.17, 15) is 0 Å². The van der Waals surface area contributed by atoms with Crippen LogP contribution in [0, 0.1) is 5.92 Å². The number of ether oxygens (including phenoxy) is 1. The Morgan fingerprint density at radius 2 is 2.00 bits per heavy atom. The van der Waals surface area contributed by atoms with E-state index in [0.29, 0.717) is 5.92 Å². The summed E-state index contributed by atoms with van der Waals surface area (Å²) >= 11 is 0. The third-order valence-electron chi connectivity index (χ3n) is 2.14.